The Balaban J connectivity index is 1.66. The van der Waals surface area contributed by atoms with Crippen molar-refractivity contribution in [1.29, 1.82) is 0 Å². The van der Waals surface area contributed by atoms with Gasteiger partial charge in [0.05, 0.1) is 5.56 Å². The third-order valence-corrected chi connectivity index (χ3v) is 4.46. The summed E-state index contributed by atoms with van der Waals surface area (Å²) in [6, 6.07) is 21.5. The number of hydrogen-bond acceptors (Lipinski definition) is 3. The van der Waals surface area contributed by atoms with Crippen LogP contribution >= 0.6 is 0 Å². The lowest BCUT2D eigenvalue weighted by Crippen LogP contribution is -2.47. The van der Waals surface area contributed by atoms with Crippen molar-refractivity contribution in [2.45, 2.75) is 19.6 Å². The average molecular weight is 344 g/mol. The highest BCUT2D eigenvalue weighted by molar-refractivity contribution is 6.01. The van der Waals surface area contributed by atoms with E-state index in [-0.39, 0.29) is 12.1 Å². The molecule has 4 heteroatoms. The van der Waals surface area contributed by atoms with Gasteiger partial charge >= 0.3 is 0 Å². The summed E-state index contributed by atoms with van der Waals surface area (Å²) < 4.78 is 5.61. The monoisotopic (exact) mass is 344 g/mol. The zero-order valence-corrected chi connectivity index (χ0v) is 14.6. The van der Waals surface area contributed by atoms with Gasteiger partial charge in [-0.25, -0.2) is 0 Å². The smallest absolute Gasteiger partial charge is 0.258 e. The van der Waals surface area contributed by atoms with Crippen LogP contribution in [-0.2, 0) is 6.54 Å². The lowest BCUT2D eigenvalue weighted by Gasteiger charge is -2.36. The quantitative estimate of drug-likeness (QED) is 0.746. The Bertz CT molecular complexity index is 944. The van der Waals surface area contributed by atoms with Gasteiger partial charge in [0.25, 0.3) is 5.91 Å². The van der Waals surface area contributed by atoms with Gasteiger partial charge in [-0.15, -0.1) is 0 Å². The lowest BCUT2D eigenvalue weighted by molar-refractivity contribution is 0.0703. The first-order valence-electron chi connectivity index (χ1n) is 8.66. The molecule has 0 radical (unpaired) electrons. The van der Waals surface area contributed by atoms with E-state index in [4.69, 9.17) is 4.42 Å². The van der Waals surface area contributed by atoms with Crippen molar-refractivity contribution >= 4 is 17.7 Å². The van der Waals surface area contributed by atoms with Crippen LogP contribution < -0.4 is 5.32 Å². The van der Waals surface area contributed by atoms with Crippen molar-refractivity contribution in [1.82, 2.24) is 4.90 Å². The zero-order chi connectivity index (χ0) is 17.9. The standard InChI is InChI=1S/C22H20N2O2/c1-16-11-12-18(26-16)13-14-21-23-20-10-6-5-9-19(20)22(25)24(21)15-17-7-3-2-4-8-17/h2-14,21,23H,15H2,1H3/b14-13+/t21-/m1/s1. The summed E-state index contributed by atoms with van der Waals surface area (Å²) in [5.41, 5.74) is 2.64. The fraction of sp³-hybridized carbons (Fsp3) is 0.136. The molecule has 1 aromatic heterocycles. The fourth-order valence-electron chi connectivity index (χ4n) is 3.15. The summed E-state index contributed by atoms with van der Waals surface area (Å²) in [5.74, 6) is 1.66. The first kappa shape index (κ1) is 16.2. The number of carbonyl (C=O) groups is 1. The lowest BCUT2D eigenvalue weighted by atomic mass is 10.1. The number of benzene rings is 2. The molecular weight excluding hydrogens is 324 g/mol. The number of hydrogen-bond donors (Lipinski definition) is 1. The molecule has 0 bridgehead atoms. The SMILES string of the molecule is Cc1ccc(/C=C/[C@@H]2Nc3ccccc3C(=O)N2Cc2ccccc2)o1. The molecule has 0 spiro atoms. The molecule has 1 atom stereocenters. The number of fused-ring (bicyclic) bond motifs is 1. The maximum Gasteiger partial charge on any atom is 0.258 e. The summed E-state index contributed by atoms with van der Waals surface area (Å²) >= 11 is 0. The third-order valence-electron chi connectivity index (χ3n) is 4.46. The number of amides is 1. The second-order valence-electron chi connectivity index (χ2n) is 6.36. The second-order valence-corrected chi connectivity index (χ2v) is 6.36. The molecule has 4 rings (SSSR count). The summed E-state index contributed by atoms with van der Waals surface area (Å²) in [5, 5.41) is 3.45. The number of para-hydroxylation sites is 1. The Morgan fingerprint density at radius 2 is 1.81 bits per heavy atom. The van der Waals surface area contributed by atoms with Gasteiger partial charge in [-0.05, 0) is 48.9 Å². The Hall–Kier alpha value is -3.27. The Labute approximate surface area is 152 Å². The topological polar surface area (TPSA) is 45.5 Å². The van der Waals surface area contributed by atoms with Gasteiger partial charge < -0.3 is 14.6 Å². The summed E-state index contributed by atoms with van der Waals surface area (Å²) in [7, 11) is 0. The third kappa shape index (κ3) is 3.26. The number of anilines is 1. The van der Waals surface area contributed by atoms with Gasteiger partial charge in [-0.1, -0.05) is 42.5 Å². The minimum Gasteiger partial charge on any atom is -0.462 e. The maximum atomic E-state index is 13.1. The summed E-state index contributed by atoms with van der Waals surface area (Å²) in [6.45, 7) is 2.45. The van der Waals surface area contributed by atoms with Crippen molar-refractivity contribution in [3.63, 3.8) is 0 Å². The Morgan fingerprint density at radius 3 is 2.58 bits per heavy atom. The van der Waals surface area contributed by atoms with Crippen molar-refractivity contribution in [2.75, 3.05) is 5.32 Å². The number of nitrogens with one attached hydrogen (secondary N) is 1. The van der Waals surface area contributed by atoms with Crippen molar-refractivity contribution in [3.8, 4) is 0 Å². The Morgan fingerprint density at radius 1 is 1.04 bits per heavy atom. The molecule has 2 heterocycles. The molecule has 1 amide bonds. The molecule has 0 aliphatic carbocycles. The van der Waals surface area contributed by atoms with E-state index >= 15 is 0 Å². The minimum atomic E-state index is -0.247. The molecule has 1 aliphatic rings. The molecule has 4 nitrogen and oxygen atoms in total. The van der Waals surface area contributed by atoms with Crippen LogP contribution in [-0.4, -0.2) is 17.0 Å². The highest BCUT2D eigenvalue weighted by Crippen LogP contribution is 2.27. The molecule has 1 N–H and O–H groups in total. The predicted molar refractivity (Wildman–Crippen MR) is 103 cm³/mol. The molecule has 0 unspecified atom stereocenters. The van der Waals surface area contributed by atoms with Crippen molar-refractivity contribution in [3.05, 3.63) is 95.5 Å². The van der Waals surface area contributed by atoms with E-state index in [2.05, 4.69) is 5.32 Å². The normalized spacial score (nSPS) is 16.6. The van der Waals surface area contributed by atoms with Crippen LogP contribution in [0, 0.1) is 6.92 Å². The number of carbonyl (C=O) groups excluding carboxylic acids is 1. The average Bonchev–Trinajstić information content (AvgIpc) is 3.09. The first-order chi connectivity index (χ1) is 12.7. The minimum absolute atomic E-state index is 0.0217. The van der Waals surface area contributed by atoms with Crippen LogP contribution in [0.3, 0.4) is 0 Å². The molecular formula is C22H20N2O2. The van der Waals surface area contributed by atoms with E-state index < -0.39 is 0 Å². The van der Waals surface area contributed by atoms with Crippen molar-refractivity contribution < 1.29 is 9.21 Å². The van der Waals surface area contributed by atoms with Crippen LogP contribution in [0.15, 0.2) is 77.2 Å². The molecule has 130 valence electrons. The van der Waals surface area contributed by atoms with E-state index in [1.165, 1.54) is 0 Å². The zero-order valence-electron chi connectivity index (χ0n) is 14.6. The van der Waals surface area contributed by atoms with E-state index in [9.17, 15) is 4.79 Å². The van der Waals surface area contributed by atoms with Crippen molar-refractivity contribution in [2.24, 2.45) is 0 Å². The predicted octanol–water partition coefficient (Wildman–Crippen LogP) is 4.70. The molecule has 0 fully saturated rings. The van der Waals surface area contributed by atoms with Crippen LogP contribution in [0.2, 0.25) is 0 Å². The number of nitrogens with zero attached hydrogens (tertiary/aromatic N) is 1. The molecule has 2 aromatic carbocycles. The molecule has 26 heavy (non-hydrogen) atoms. The number of aryl methyl sites for hydroxylation is 1. The second kappa shape index (κ2) is 6.92. The highest BCUT2D eigenvalue weighted by atomic mass is 16.3. The van der Waals surface area contributed by atoms with E-state index in [0.29, 0.717) is 12.1 Å². The van der Waals surface area contributed by atoms with E-state index in [1.54, 1.807) is 0 Å². The Kier molecular flexibility index (Phi) is 4.32. The van der Waals surface area contributed by atoms with Gasteiger partial charge in [-0.2, -0.15) is 0 Å². The summed E-state index contributed by atoms with van der Waals surface area (Å²) in [4.78, 5) is 14.9. The van der Waals surface area contributed by atoms with Gasteiger partial charge in [0, 0.05) is 12.2 Å². The molecule has 3 aromatic rings. The van der Waals surface area contributed by atoms with Gasteiger partial charge in [-0.3, -0.25) is 4.79 Å². The van der Waals surface area contributed by atoms with Gasteiger partial charge in [0.1, 0.15) is 17.7 Å². The van der Waals surface area contributed by atoms with Crippen LogP contribution in [0.25, 0.3) is 6.08 Å². The van der Waals surface area contributed by atoms with Gasteiger partial charge in [0.15, 0.2) is 0 Å². The van der Waals surface area contributed by atoms with E-state index in [1.807, 2.05) is 90.7 Å². The number of furan rings is 1. The summed E-state index contributed by atoms with van der Waals surface area (Å²) in [6.07, 6.45) is 3.63. The largest absolute Gasteiger partial charge is 0.462 e. The molecule has 1 aliphatic heterocycles. The van der Waals surface area contributed by atoms with Crippen LogP contribution in [0.1, 0.15) is 27.4 Å². The first-order valence-corrected chi connectivity index (χ1v) is 8.66. The maximum absolute atomic E-state index is 13.1. The number of rotatable bonds is 4. The van der Waals surface area contributed by atoms with Gasteiger partial charge in [0.2, 0.25) is 0 Å². The highest BCUT2D eigenvalue weighted by Gasteiger charge is 2.30. The molecule has 0 saturated carbocycles. The van der Waals surface area contributed by atoms with E-state index in [0.717, 1.165) is 22.8 Å². The van der Waals surface area contributed by atoms with Crippen LogP contribution in [0.5, 0.6) is 0 Å². The van der Waals surface area contributed by atoms with Crippen LogP contribution in [0.4, 0.5) is 5.69 Å². The molecule has 0 saturated heterocycles. The fourth-order valence-corrected chi connectivity index (χ4v) is 3.15.